The predicted octanol–water partition coefficient (Wildman–Crippen LogP) is 3.51. The fourth-order valence-electron chi connectivity index (χ4n) is 3.05. The van der Waals surface area contributed by atoms with Crippen LogP contribution in [0.15, 0.2) is 60.7 Å². The van der Waals surface area contributed by atoms with Gasteiger partial charge in [-0.3, -0.25) is 0 Å². The minimum absolute atomic E-state index is 0.186. The molecule has 0 saturated heterocycles. The van der Waals surface area contributed by atoms with E-state index in [-0.39, 0.29) is 17.5 Å². The zero-order valence-corrected chi connectivity index (χ0v) is 14.2. The maximum atomic E-state index is 10.3. The number of aliphatic hydroxyl groups is 1. The molecule has 2 atom stereocenters. The quantitative estimate of drug-likeness (QED) is 0.520. The summed E-state index contributed by atoms with van der Waals surface area (Å²) in [4.78, 5) is 0. The Morgan fingerprint density at radius 1 is 0.920 bits per heavy atom. The summed E-state index contributed by atoms with van der Waals surface area (Å²) in [6.07, 6.45) is 0.107. The lowest BCUT2D eigenvalue weighted by molar-refractivity contribution is 0.170. The molecule has 4 heteroatoms. The summed E-state index contributed by atoms with van der Waals surface area (Å²) in [6.45, 7) is 2.46. The lowest BCUT2D eigenvalue weighted by atomic mass is 9.99. The van der Waals surface area contributed by atoms with E-state index >= 15 is 0 Å². The van der Waals surface area contributed by atoms with Crippen LogP contribution in [0.25, 0.3) is 10.8 Å². The molecule has 4 nitrogen and oxygen atoms in total. The summed E-state index contributed by atoms with van der Waals surface area (Å²) in [5.74, 6) is -0.409. The minimum Gasteiger partial charge on any atom is -0.504 e. The fraction of sp³-hybridized carbons (Fsp3) is 0.238. The van der Waals surface area contributed by atoms with Crippen LogP contribution < -0.4 is 5.32 Å². The second-order valence-electron chi connectivity index (χ2n) is 6.42. The van der Waals surface area contributed by atoms with Crippen molar-refractivity contribution in [1.29, 1.82) is 0 Å². The van der Waals surface area contributed by atoms with Crippen molar-refractivity contribution in [2.24, 2.45) is 0 Å². The molecule has 0 aliphatic heterocycles. The van der Waals surface area contributed by atoms with Gasteiger partial charge in [-0.25, -0.2) is 0 Å². The highest BCUT2D eigenvalue weighted by Crippen LogP contribution is 2.27. The van der Waals surface area contributed by atoms with Crippen LogP contribution in [0.3, 0.4) is 0 Å². The molecule has 0 amide bonds. The van der Waals surface area contributed by atoms with Gasteiger partial charge in [0.05, 0.1) is 6.10 Å². The summed E-state index contributed by atoms with van der Waals surface area (Å²) in [7, 11) is 0. The molecule has 0 heterocycles. The standard InChI is InChI=1S/C21H23NO3/c1-14(11-16-7-4-6-15-5-2-3-8-18(15)16)22-13-21(25)17-9-10-19(23)20(24)12-17/h2-10,12,14,21-25H,11,13H2,1H3. The van der Waals surface area contributed by atoms with E-state index < -0.39 is 6.10 Å². The van der Waals surface area contributed by atoms with Crippen LogP contribution in [0.5, 0.6) is 11.5 Å². The maximum absolute atomic E-state index is 10.3. The Balaban J connectivity index is 1.62. The van der Waals surface area contributed by atoms with E-state index in [0.717, 1.165) is 6.42 Å². The number of benzene rings is 3. The first-order chi connectivity index (χ1) is 12.0. The molecule has 2 unspecified atom stereocenters. The molecule has 0 radical (unpaired) electrons. The van der Waals surface area contributed by atoms with Crippen LogP contribution in [-0.2, 0) is 6.42 Å². The number of phenolic OH excluding ortho intramolecular Hbond substituents is 2. The predicted molar refractivity (Wildman–Crippen MR) is 99.8 cm³/mol. The van der Waals surface area contributed by atoms with Crippen LogP contribution in [0.2, 0.25) is 0 Å². The topological polar surface area (TPSA) is 72.7 Å². The monoisotopic (exact) mass is 337 g/mol. The first-order valence-corrected chi connectivity index (χ1v) is 8.44. The number of aliphatic hydroxyl groups excluding tert-OH is 1. The molecule has 0 bridgehead atoms. The molecule has 0 aromatic heterocycles. The number of phenols is 2. The zero-order valence-electron chi connectivity index (χ0n) is 14.2. The molecule has 3 rings (SSSR count). The molecule has 130 valence electrons. The van der Waals surface area contributed by atoms with Crippen molar-refractivity contribution in [2.45, 2.75) is 25.5 Å². The third-order valence-electron chi connectivity index (χ3n) is 4.45. The summed E-state index contributed by atoms with van der Waals surface area (Å²) < 4.78 is 0. The number of hydrogen-bond donors (Lipinski definition) is 4. The highest BCUT2D eigenvalue weighted by atomic mass is 16.3. The lowest BCUT2D eigenvalue weighted by Crippen LogP contribution is -2.32. The Bertz CT molecular complexity index is 857. The van der Waals surface area contributed by atoms with Gasteiger partial charge in [0.1, 0.15) is 0 Å². The molecular weight excluding hydrogens is 314 g/mol. The summed E-state index contributed by atoms with van der Waals surface area (Å²) in [6, 6.07) is 19.2. The highest BCUT2D eigenvalue weighted by Gasteiger charge is 2.12. The Kier molecular flexibility index (Phi) is 5.22. The molecule has 0 saturated carbocycles. The van der Waals surface area contributed by atoms with E-state index in [4.69, 9.17) is 0 Å². The normalized spacial score (nSPS) is 13.7. The van der Waals surface area contributed by atoms with E-state index in [1.807, 2.05) is 12.1 Å². The Morgan fingerprint density at radius 3 is 2.48 bits per heavy atom. The number of nitrogens with one attached hydrogen (secondary N) is 1. The van der Waals surface area contributed by atoms with Gasteiger partial charge in [-0.15, -0.1) is 0 Å². The van der Waals surface area contributed by atoms with Crippen LogP contribution in [0, 0.1) is 0 Å². The first-order valence-electron chi connectivity index (χ1n) is 8.44. The van der Waals surface area contributed by atoms with Crippen LogP contribution >= 0.6 is 0 Å². The fourth-order valence-corrected chi connectivity index (χ4v) is 3.05. The second-order valence-corrected chi connectivity index (χ2v) is 6.42. The molecular formula is C21H23NO3. The lowest BCUT2D eigenvalue weighted by Gasteiger charge is -2.18. The molecule has 0 aliphatic carbocycles. The van der Waals surface area contributed by atoms with E-state index in [1.165, 1.54) is 28.5 Å². The van der Waals surface area contributed by atoms with Crippen molar-refractivity contribution in [3.8, 4) is 11.5 Å². The Morgan fingerprint density at radius 2 is 1.68 bits per heavy atom. The maximum Gasteiger partial charge on any atom is 0.157 e. The van der Waals surface area contributed by atoms with Gasteiger partial charge in [-0.1, -0.05) is 48.5 Å². The van der Waals surface area contributed by atoms with Gasteiger partial charge in [-0.05, 0) is 47.4 Å². The molecule has 3 aromatic carbocycles. The van der Waals surface area contributed by atoms with Gasteiger partial charge in [0.2, 0.25) is 0 Å². The Hall–Kier alpha value is -2.56. The van der Waals surface area contributed by atoms with E-state index in [0.29, 0.717) is 12.1 Å². The van der Waals surface area contributed by atoms with Crippen molar-refractivity contribution < 1.29 is 15.3 Å². The summed E-state index contributed by atoms with van der Waals surface area (Å²) >= 11 is 0. The molecule has 3 aromatic rings. The number of rotatable bonds is 6. The van der Waals surface area contributed by atoms with Crippen molar-refractivity contribution in [1.82, 2.24) is 5.32 Å². The average Bonchev–Trinajstić information content (AvgIpc) is 2.62. The number of aromatic hydroxyl groups is 2. The first kappa shape index (κ1) is 17.3. The Labute approximate surface area is 147 Å². The van der Waals surface area contributed by atoms with E-state index in [1.54, 1.807) is 6.07 Å². The van der Waals surface area contributed by atoms with Gasteiger partial charge in [0, 0.05) is 12.6 Å². The largest absolute Gasteiger partial charge is 0.504 e. The second kappa shape index (κ2) is 7.55. The van der Waals surface area contributed by atoms with Gasteiger partial charge in [-0.2, -0.15) is 0 Å². The summed E-state index contributed by atoms with van der Waals surface area (Å²) in [5.41, 5.74) is 1.84. The third kappa shape index (κ3) is 4.10. The number of fused-ring (bicyclic) bond motifs is 1. The third-order valence-corrected chi connectivity index (χ3v) is 4.45. The van der Waals surface area contributed by atoms with Crippen molar-refractivity contribution in [3.63, 3.8) is 0 Å². The number of hydrogen-bond acceptors (Lipinski definition) is 4. The van der Waals surface area contributed by atoms with Gasteiger partial charge in [0.25, 0.3) is 0 Å². The van der Waals surface area contributed by atoms with Crippen molar-refractivity contribution >= 4 is 10.8 Å². The van der Waals surface area contributed by atoms with Crippen LogP contribution in [0.4, 0.5) is 0 Å². The smallest absolute Gasteiger partial charge is 0.157 e. The molecule has 0 aliphatic rings. The van der Waals surface area contributed by atoms with Crippen molar-refractivity contribution in [3.05, 3.63) is 71.8 Å². The van der Waals surface area contributed by atoms with Crippen LogP contribution in [0.1, 0.15) is 24.2 Å². The molecule has 0 spiro atoms. The molecule has 0 fully saturated rings. The van der Waals surface area contributed by atoms with E-state index in [9.17, 15) is 15.3 Å². The highest BCUT2D eigenvalue weighted by molar-refractivity contribution is 5.85. The average molecular weight is 337 g/mol. The van der Waals surface area contributed by atoms with Crippen LogP contribution in [-0.4, -0.2) is 27.9 Å². The van der Waals surface area contributed by atoms with Crippen molar-refractivity contribution in [2.75, 3.05) is 6.54 Å². The summed E-state index contributed by atoms with van der Waals surface area (Å²) in [5, 5.41) is 35.0. The van der Waals surface area contributed by atoms with Gasteiger partial charge < -0.3 is 20.6 Å². The van der Waals surface area contributed by atoms with Gasteiger partial charge in [0.15, 0.2) is 11.5 Å². The van der Waals surface area contributed by atoms with Gasteiger partial charge >= 0.3 is 0 Å². The SMILES string of the molecule is CC(Cc1cccc2ccccc12)NCC(O)c1ccc(O)c(O)c1. The minimum atomic E-state index is -0.749. The van der Waals surface area contributed by atoms with E-state index in [2.05, 4.69) is 42.6 Å². The molecule has 25 heavy (non-hydrogen) atoms. The zero-order chi connectivity index (χ0) is 17.8. The molecule has 4 N–H and O–H groups in total.